The Hall–Kier alpha value is -1.62. The fraction of sp³-hybridized carbons (Fsp3) is 0.231. The van der Waals surface area contributed by atoms with Crippen molar-refractivity contribution in [2.45, 2.75) is 20.3 Å². The zero-order chi connectivity index (χ0) is 13.1. The summed E-state index contributed by atoms with van der Waals surface area (Å²) < 4.78 is 1.06. The number of anilines is 3. The zero-order valence-electron chi connectivity index (χ0n) is 10.4. The van der Waals surface area contributed by atoms with E-state index in [1.54, 1.807) is 0 Å². The molecule has 1 heterocycles. The normalized spacial score (nSPS) is 10.4. The van der Waals surface area contributed by atoms with Crippen molar-refractivity contribution >= 4 is 33.3 Å². The molecular weight excluding hydrogens is 292 g/mol. The number of nitrogen functional groups attached to an aromatic ring is 1. The van der Waals surface area contributed by atoms with Gasteiger partial charge in [-0.15, -0.1) is 0 Å². The third-order valence-electron chi connectivity index (χ3n) is 2.77. The van der Waals surface area contributed by atoms with Crippen molar-refractivity contribution in [1.29, 1.82) is 0 Å². The molecule has 0 aliphatic heterocycles. The van der Waals surface area contributed by atoms with Crippen LogP contribution in [0.4, 0.5) is 17.3 Å². The molecule has 0 aliphatic rings. The van der Waals surface area contributed by atoms with E-state index in [4.69, 9.17) is 5.73 Å². The maximum absolute atomic E-state index is 5.85. The fourth-order valence-corrected chi connectivity index (χ4v) is 2.25. The first-order valence-corrected chi connectivity index (χ1v) is 6.53. The van der Waals surface area contributed by atoms with Crippen LogP contribution in [0.3, 0.4) is 0 Å². The summed E-state index contributed by atoms with van der Waals surface area (Å²) in [5.74, 6) is 1.31. The lowest BCUT2D eigenvalue weighted by atomic mass is 10.1. The van der Waals surface area contributed by atoms with E-state index in [1.165, 1.54) is 6.33 Å². The van der Waals surface area contributed by atoms with Gasteiger partial charge in [-0.25, -0.2) is 9.97 Å². The molecule has 0 amide bonds. The van der Waals surface area contributed by atoms with Crippen molar-refractivity contribution in [2.75, 3.05) is 11.1 Å². The molecule has 0 bridgehead atoms. The Morgan fingerprint density at radius 3 is 2.78 bits per heavy atom. The molecule has 94 valence electrons. The molecule has 0 unspecified atom stereocenters. The maximum atomic E-state index is 5.85. The Labute approximate surface area is 115 Å². The molecule has 0 radical (unpaired) electrons. The molecule has 4 nitrogen and oxygen atoms in total. The number of benzene rings is 1. The van der Waals surface area contributed by atoms with Crippen LogP contribution in [0.1, 0.15) is 18.1 Å². The molecule has 0 aliphatic carbocycles. The molecule has 18 heavy (non-hydrogen) atoms. The van der Waals surface area contributed by atoms with Crippen molar-refractivity contribution < 1.29 is 0 Å². The van der Waals surface area contributed by atoms with Gasteiger partial charge in [0.25, 0.3) is 0 Å². The molecule has 1 aromatic heterocycles. The summed E-state index contributed by atoms with van der Waals surface area (Å²) in [6.45, 7) is 4.08. The van der Waals surface area contributed by atoms with E-state index in [9.17, 15) is 0 Å². The Morgan fingerprint density at radius 2 is 2.11 bits per heavy atom. The molecule has 0 saturated heterocycles. The van der Waals surface area contributed by atoms with Gasteiger partial charge in [-0.1, -0.05) is 22.9 Å². The quantitative estimate of drug-likeness (QED) is 0.912. The van der Waals surface area contributed by atoms with E-state index in [-0.39, 0.29) is 0 Å². The number of nitrogens with zero attached hydrogens (tertiary/aromatic N) is 2. The highest BCUT2D eigenvalue weighted by molar-refractivity contribution is 9.10. The SMILES string of the molecule is CCc1c(N)ncnc1Nc1ccc(Br)cc1C. The maximum Gasteiger partial charge on any atom is 0.139 e. The molecule has 2 aromatic rings. The first-order valence-electron chi connectivity index (χ1n) is 5.74. The number of nitrogens with two attached hydrogens (primary N) is 1. The highest BCUT2D eigenvalue weighted by Crippen LogP contribution is 2.26. The van der Waals surface area contributed by atoms with Gasteiger partial charge in [0.05, 0.1) is 0 Å². The van der Waals surface area contributed by atoms with Crippen LogP contribution >= 0.6 is 15.9 Å². The van der Waals surface area contributed by atoms with Gasteiger partial charge in [0.2, 0.25) is 0 Å². The summed E-state index contributed by atoms with van der Waals surface area (Å²) in [5, 5.41) is 3.31. The van der Waals surface area contributed by atoms with Crippen molar-refractivity contribution in [3.8, 4) is 0 Å². The minimum absolute atomic E-state index is 0.532. The minimum atomic E-state index is 0.532. The van der Waals surface area contributed by atoms with E-state index in [1.807, 2.05) is 26.0 Å². The second kappa shape index (κ2) is 5.35. The number of halogens is 1. The van der Waals surface area contributed by atoms with Gasteiger partial charge in [0.15, 0.2) is 0 Å². The van der Waals surface area contributed by atoms with Crippen LogP contribution in [0.2, 0.25) is 0 Å². The number of aromatic nitrogens is 2. The topological polar surface area (TPSA) is 63.8 Å². The number of hydrogen-bond acceptors (Lipinski definition) is 4. The predicted octanol–water partition coefficient (Wildman–Crippen LogP) is 3.44. The summed E-state index contributed by atoms with van der Waals surface area (Å²) in [5.41, 5.74) is 8.96. The first kappa shape index (κ1) is 12.8. The molecule has 0 spiro atoms. The van der Waals surface area contributed by atoms with Gasteiger partial charge in [-0.05, 0) is 37.1 Å². The van der Waals surface area contributed by atoms with Crippen LogP contribution in [-0.2, 0) is 6.42 Å². The predicted molar refractivity (Wildman–Crippen MR) is 78.0 cm³/mol. The third-order valence-corrected chi connectivity index (χ3v) is 3.27. The highest BCUT2D eigenvalue weighted by Gasteiger charge is 2.08. The number of hydrogen-bond donors (Lipinski definition) is 2. The van der Waals surface area contributed by atoms with E-state index in [0.717, 1.165) is 33.5 Å². The molecular formula is C13H15BrN4. The smallest absolute Gasteiger partial charge is 0.139 e. The van der Waals surface area contributed by atoms with E-state index < -0.39 is 0 Å². The summed E-state index contributed by atoms with van der Waals surface area (Å²) in [4.78, 5) is 8.26. The second-order valence-electron chi connectivity index (χ2n) is 4.02. The molecule has 3 N–H and O–H groups in total. The van der Waals surface area contributed by atoms with Gasteiger partial charge in [-0.2, -0.15) is 0 Å². The van der Waals surface area contributed by atoms with E-state index >= 15 is 0 Å². The molecule has 5 heteroatoms. The largest absolute Gasteiger partial charge is 0.383 e. The van der Waals surface area contributed by atoms with Crippen LogP contribution in [0, 0.1) is 6.92 Å². The average Bonchev–Trinajstić information content (AvgIpc) is 2.33. The van der Waals surface area contributed by atoms with Gasteiger partial charge in [0, 0.05) is 15.7 Å². The highest BCUT2D eigenvalue weighted by atomic mass is 79.9. The summed E-state index contributed by atoms with van der Waals surface area (Å²) in [6, 6.07) is 6.06. The zero-order valence-corrected chi connectivity index (χ0v) is 12.0. The Bertz CT molecular complexity index is 569. The van der Waals surface area contributed by atoms with Crippen LogP contribution < -0.4 is 11.1 Å². The van der Waals surface area contributed by atoms with Crippen molar-refractivity contribution in [1.82, 2.24) is 9.97 Å². The summed E-state index contributed by atoms with van der Waals surface area (Å²) >= 11 is 3.45. The third kappa shape index (κ3) is 2.61. The van der Waals surface area contributed by atoms with Crippen molar-refractivity contribution in [2.24, 2.45) is 0 Å². The Balaban J connectivity index is 2.37. The van der Waals surface area contributed by atoms with Gasteiger partial charge < -0.3 is 11.1 Å². The summed E-state index contributed by atoms with van der Waals surface area (Å²) in [6.07, 6.45) is 2.27. The van der Waals surface area contributed by atoms with Gasteiger partial charge >= 0.3 is 0 Å². The number of rotatable bonds is 3. The lowest BCUT2D eigenvalue weighted by molar-refractivity contribution is 1.06. The number of aryl methyl sites for hydroxylation is 1. The van der Waals surface area contributed by atoms with E-state index in [2.05, 4.69) is 37.3 Å². The molecule has 0 fully saturated rings. The molecule has 0 atom stereocenters. The fourth-order valence-electron chi connectivity index (χ4n) is 1.78. The monoisotopic (exact) mass is 306 g/mol. The molecule has 2 rings (SSSR count). The van der Waals surface area contributed by atoms with Crippen LogP contribution in [0.15, 0.2) is 29.0 Å². The second-order valence-corrected chi connectivity index (χ2v) is 4.94. The lowest BCUT2D eigenvalue weighted by Crippen LogP contribution is -2.05. The Morgan fingerprint density at radius 1 is 1.33 bits per heavy atom. The number of nitrogens with one attached hydrogen (secondary N) is 1. The van der Waals surface area contributed by atoms with Gasteiger partial charge in [-0.3, -0.25) is 0 Å². The van der Waals surface area contributed by atoms with Crippen LogP contribution in [0.5, 0.6) is 0 Å². The lowest BCUT2D eigenvalue weighted by Gasteiger charge is -2.13. The molecule has 1 aromatic carbocycles. The van der Waals surface area contributed by atoms with Crippen molar-refractivity contribution in [3.05, 3.63) is 40.1 Å². The minimum Gasteiger partial charge on any atom is -0.383 e. The van der Waals surface area contributed by atoms with Crippen LogP contribution in [-0.4, -0.2) is 9.97 Å². The molecule has 0 saturated carbocycles. The van der Waals surface area contributed by atoms with Crippen LogP contribution in [0.25, 0.3) is 0 Å². The standard InChI is InChI=1S/C13H15BrN4/c1-3-10-12(15)16-7-17-13(10)18-11-5-4-9(14)6-8(11)2/h4-7H,3H2,1-2H3,(H3,15,16,17,18). The summed E-state index contributed by atoms with van der Waals surface area (Å²) in [7, 11) is 0. The first-order chi connectivity index (χ1) is 8.61. The average molecular weight is 307 g/mol. The van der Waals surface area contributed by atoms with E-state index in [0.29, 0.717) is 5.82 Å². The van der Waals surface area contributed by atoms with Gasteiger partial charge in [0.1, 0.15) is 18.0 Å². The Kier molecular flexibility index (Phi) is 3.81. The van der Waals surface area contributed by atoms with Crippen molar-refractivity contribution in [3.63, 3.8) is 0 Å².